The molecule has 1 fully saturated rings. The molecule has 1 aliphatic heterocycles. The van der Waals surface area contributed by atoms with Crippen molar-refractivity contribution in [2.75, 3.05) is 18.4 Å². The number of carbonyl (C=O) groups is 1. The Morgan fingerprint density at radius 1 is 1.15 bits per heavy atom. The Bertz CT molecular complexity index is 727. The van der Waals surface area contributed by atoms with Crippen molar-refractivity contribution in [2.24, 2.45) is 0 Å². The topological polar surface area (TPSA) is 54.0 Å². The first-order chi connectivity index (χ1) is 11.9. The van der Waals surface area contributed by atoms with Crippen LogP contribution in [0, 0.1) is 0 Å². The van der Waals surface area contributed by atoms with Gasteiger partial charge in [0.25, 0.3) is 5.91 Å². The van der Waals surface area contributed by atoms with Gasteiger partial charge in [0.2, 0.25) is 0 Å². The van der Waals surface area contributed by atoms with E-state index in [1.807, 2.05) is 12.1 Å². The minimum absolute atomic E-state index is 0. The third-order valence-corrected chi connectivity index (χ3v) is 4.26. The van der Waals surface area contributed by atoms with Crippen LogP contribution in [0.1, 0.15) is 40.4 Å². The second kappa shape index (κ2) is 8.51. The second-order valence-corrected chi connectivity index (χ2v) is 6.05. The number of hydrogen-bond acceptors (Lipinski definition) is 3. The highest BCUT2D eigenvalue weighted by Crippen LogP contribution is 2.28. The number of rotatable bonds is 3. The van der Waals surface area contributed by atoms with Crippen LogP contribution in [0.2, 0.25) is 0 Å². The monoisotopic (exact) mass is 385 g/mol. The molecule has 0 bridgehead atoms. The van der Waals surface area contributed by atoms with Crippen LogP contribution in [0.5, 0.6) is 0 Å². The first-order valence-electron chi connectivity index (χ1n) is 8.09. The summed E-state index contributed by atoms with van der Waals surface area (Å²) in [6.07, 6.45) is -1.53. The summed E-state index contributed by atoms with van der Waals surface area (Å²) in [4.78, 5) is 15.7. The minimum Gasteiger partial charge on any atom is -0.321 e. The molecule has 0 radical (unpaired) electrons. The molecule has 1 amide bonds. The Kier molecular flexibility index (Phi) is 6.61. The van der Waals surface area contributed by atoms with Gasteiger partial charge >= 0.3 is 6.18 Å². The molecule has 4 nitrogen and oxygen atoms in total. The molecule has 2 N–H and O–H groups in total. The molecule has 1 unspecified atom stereocenters. The summed E-state index contributed by atoms with van der Waals surface area (Å²) < 4.78 is 37.5. The van der Waals surface area contributed by atoms with Crippen molar-refractivity contribution < 1.29 is 18.0 Å². The maximum atomic E-state index is 12.5. The van der Waals surface area contributed by atoms with Crippen LogP contribution < -0.4 is 10.6 Å². The van der Waals surface area contributed by atoms with Gasteiger partial charge in [-0.05, 0) is 55.1 Å². The number of carbonyl (C=O) groups excluding carboxylic acids is 1. The average molecular weight is 386 g/mol. The van der Waals surface area contributed by atoms with E-state index in [4.69, 9.17) is 0 Å². The summed E-state index contributed by atoms with van der Waals surface area (Å²) in [6.45, 7) is 1.99. The lowest BCUT2D eigenvalue weighted by molar-refractivity contribution is -0.137. The van der Waals surface area contributed by atoms with Crippen LogP contribution in [-0.4, -0.2) is 24.0 Å². The van der Waals surface area contributed by atoms with Crippen molar-refractivity contribution in [3.05, 3.63) is 59.4 Å². The van der Waals surface area contributed by atoms with E-state index >= 15 is 0 Å². The van der Waals surface area contributed by atoms with Crippen molar-refractivity contribution in [1.82, 2.24) is 10.3 Å². The number of piperidine rings is 1. The number of aromatic nitrogens is 1. The molecule has 2 aromatic rings. The van der Waals surface area contributed by atoms with E-state index in [-0.39, 0.29) is 18.1 Å². The summed E-state index contributed by atoms with van der Waals surface area (Å²) in [5.74, 6) is -0.0733. The summed E-state index contributed by atoms with van der Waals surface area (Å²) in [7, 11) is 0. The second-order valence-electron chi connectivity index (χ2n) is 6.05. The first kappa shape index (κ1) is 20.2. The Morgan fingerprint density at radius 3 is 2.42 bits per heavy atom. The van der Waals surface area contributed by atoms with E-state index in [2.05, 4.69) is 15.6 Å². The fraction of sp³-hybridized carbons (Fsp3) is 0.333. The zero-order valence-corrected chi connectivity index (χ0v) is 14.7. The average Bonchev–Trinajstić information content (AvgIpc) is 2.62. The number of alkyl halides is 3. The number of anilines is 1. The molecule has 1 aromatic heterocycles. The Morgan fingerprint density at radius 2 is 1.88 bits per heavy atom. The van der Waals surface area contributed by atoms with Gasteiger partial charge in [-0.3, -0.25) is 9.78 Å². The quantitative estimate of drug-likeness (QED) is 0.830. The van der Waals surface area contributed by atoms with Gasteiger partial charge in [0.15, 0.2) is 0 Å². The highest BCUT2D eigenvalue weighted by Gasteiger charge is 2.30. The number of benzene rings is 1. The van der Waals surface area contributed by atoms with Crippen LogP contribution >= 0.6 is 12.4 Å². The van der Waals surface area contributed by atoms with Gasteiger partial charge in [-0.25, -0.2) is 0 Å². The van der Waals surface area contributed by atoms with Gasteiger partial charge in [0.1, 0.15) is 5.69 Å². The predicted octanol–water partition coefficient (Wildman–Crippen LogP) is 4.24. The van der Waals surface area contributed by atoms with Gasteiger partial charge in [0, 0.05) is 18.4 Å². The number of hydrogen-bond donors (Lipinski definition) is 2. The maximum Gasteiger partial charge on any atom is 0.417 e. The predicted molar refractivity (Wildman–Crippen MR) is 95.7 cm³/mol. The summed E-state index contributed by atoms with van der Waals surface area (Å²) in [5, 5.41) is 6.01. The van der Waals surface area contributed by atoms with Gasteiger partial charge in [0.05, 0.1) is 5.56 Å². The van der Waals surface area contributed by atoms with E-state index in [1.54, 1.807) is 12.1 Å². The van der Waals surface area contributed by atoms with Crippen molar-refractivity contribution in [3.8, 4) is 0 Å². The number of nitrogens with one attached hydrogen (secondary N) is 2. The molecule has 26 heavy (non-hydrogen) atoms. The van der Waals surface area contributed by atoms with Gasteiger partial charge in [-0.2, -0.15) is 13.2 Å². The van der Waals surface area contributed by atoms with Crippen LogP contribution in [0.4, 0.5) is 18.9 Å². The highest BCUT2D eigenvalue weighted by atomic mass is 35.5. The van der Waals surface area contributed by atoms with Crippen molar-refractivity contribution in [2.45, 2.75) is 24.9 Å². The van der Waals surface area contributed by atoms with Gasteiger partial charge in [-0.1, -0.05) is 12.1 Å². The summed E-state index contributed by atoms with van der Waals surface area (Å²) in [6, 6.07) is 9.44. The first-order valence-corrected chi connectivity index (χ1v) is 8.09. The Balaban J connectivity index is 0.00000243. The third-order valence-electron chi connectivity index (χ3n) is 4.26. The largest absolute Gasteiger partial charge is 0.417 e. The fourth-order valence-electron chi connectivity index (χ4n) is 2.87. The maximum absolute atomic E-state index is 12.5. The van der Waals surface area contributed by atoms with Crippen LogP contribution in [0.15, 0.2) is 42.6 Å². The fourth-order valence-corrected chi connectivity index (χ4v) is 2.87. The normalized spacial score (nSPS) is 17.3. The molecule has 0 spiro atoms. The summed E-state index contributed by atoms with van der Waals surface area (Å²) in [5.41, 5.74) is 0.847. The Hall–Kier alpha value is -2.12. The van der Waals surface area contributed by atoms with E-state index in [0.717, 1.165) is 38.1 Å². The lowest BCUT2D eigenvalue weighted by Crippen LogP contribution is -2.28. The van der Waals surface area contributed by atoms with Crippen molar-refractivity contribution >= 4 is 24.0 Å². The van der Waals surface area contributed by atoms with Crippen molar-refractivity contribution in [3.63, 3.8) is 0 Å². The smallest absolute Gasteiger partial charge is 0.321 e. The number of halogens is 4. The van der Waals surface area contributed by atoms with E-state index < -0.39 is 17.6 Å². The molecule has 1 saturated heterocycles. The lowest BCUT2D eigenvalue weighted by atomic mass is 9.92. The summed E-state index contributed by atoms with van der Waals surface area (Å²) >= 11 is 0. The molecular formula is C18H19ClF3N3O. The lowest BCUT2D eigenvalue weighted by Gasteiger charge is -2.23. The molecular weight excluding hydrogens is 367 g/mol. The molecule has 0 aliphatic carbocycles. The third kappa shape index (κ3) is 4.95. The molecule has 2 heterocycles. The SMILES string of the molecule is Cl.O=C(Nc1ccc(C2CCCNC2)cc1)c1ccc(C(F)(F)F)cn1. The number of amides is 1. The van der Waals surface area contributed by atoms with E-state index in [9.17, 15) is 18.0 Å². The van der Waals surface area contributed by atoms with Crippen LogP contribution in [0.25, 0.3) is 0 Å². The molecule has 1 aliphatic rings. The van der Waals surface area contributed by atoms with E-state index in [0.29, 0.717) is 17.8 Å². The highest BCUT2D eigenvalue weighted by molar-refractivity contribution is 6.02. The van der Waals surface area contributed by atoms with Crippen molar-refractivity contribution in [1.29, 1.82) is 0 Å². The molecule has 0 saturated carbocycles. The molecule has 140 valence electrons. The molecule has 1 atom stereocenters. The van der Waals surface area contributed by atoms with E-state index in [1.165, 1.54) is 5.56 Å². The molecule has 1 aromatic carbocycles. The number of pyridine rings is 1. The minimum atomic E-state index is -4.47. The molecule has 8 heteroatoms. The number of nitrogens with zero attached hydrogens (tertiary/aromatic N) is 1. The van der Waals surface area contributed by atoms with Gasteiger partial charge < -0.3 is 10.6 Å². The van der Waals surface area contributed by atoms with Crippen LogP contribution in [0.3, 0.4) is 0 Å². The molecule has 3 rings (SSSR count). The van der Waals surface area contributed by atoms with Crippen LogP contribution in [-0.2, 0) is 6.18 Å². The van der Waals surface area contributed by atoms with Gasteiger partial charge in [-0.15, -0.1) is 12.4 Å². The zero-order valence-electron chi connectivity index (χ0n) is 13.8. The Labute approximate surface area is 155 Å². The standard InChI is InChI=1S/C18H18F3N3O.ClH/c19-18(20,21)14-5-8-16(23-11-14)17(25)24-15-6-3-12(4-7-15)13-2-1-9-22-10-13;/h3-8,11,13,22H,1-2,9-10H2,(H,24,25);1H. The zero-order chi connectivity index (χ0) is 17.9.